The molecule has 3 nitrogen and oxygen atoms in total. The van der Waals surface area contributed by atoms with E-state index in [9.17, 15) is 4.79 Å². The van der Waals surface area contributed by atoms with Gasteiger partial charge >= 0.3 is 5.97 Å². The van der Waals surface area contributed by atoms with E-state index in [2.05, 4.69) is 0 Å². The predicted molar refractivity (Wildman–Crippen MR) is 69.2 cm³/mol. The predicted octanol–water partition coefficient (Wildman–Crippen LogP) is 2.50. The molecule has 92 valence electrons. The standard InChI is InChI=1S/C14H19NO2/c1-14(2,3)17-13(16)8-7-11-5-4-6-12(9-11)10-15/h4-9H,10,15H2,1-3H3/b8-7+. The molecule has 3 heteroatoms. The Hall–Kier alpha value is -1.61. The maximum atomic E-state index is 11.5. The van der Waals surface area contributed by atoms with Gasteiger partial charge in [0.05, 0.1) is 0 Å². The summed E-state index contributed by atoms with van der Waals surface area (Å²) in [5.41, 5.74) is 7.07. The van der Waals surface area contributed by atoms with E-state index in [1.165, 1.54) is 6.08 Å². The first kappa shape index (κ1) is 13.5. The number of hydrogen-bond acceptors (Lipinski definition) is 3. The average Bonchev–Trinajstić information content (AvgIpc) is 2.24. The van der Waals surface area contributed by atoms with Crippen LogP contribution in [0.15, 0.2) is 30.3 Å². The normalized spacial score (nSPS) is 11.8. The number of hydrogen-bond donors (Lipinski definition) is 1. The van der Waals surface area contributed by atoms with Crippen molar-refractivity contribution in [2.75, 3.05) is 0 Å². The molecule has 0 aliphatic rings. The van der Waals surface area contributed by atoms with E-state index in [1.807, 2.05) is 45.0 Å². The van der Waals surface area contributed by atoms with Gasteiger partial charge in [0.25, 0.3) is 0 Å². The van der Waals surface area contributed by atoms with Crippen LogP contribution in [-0.2, 0) is 16.1 Å². The molecule has 17 heavy (non-hydrogen) atoms. The molecular weight excluding hydrogens is 214 g/mol. The van der Waals surface area contributed by atoms with E-state index < -0.39 is 5.60 Å². The summed E-state index contributed by atoms with van der Waals surface area (Å²) in [5, 5.41) is 0. The Morgan fingerprint density at radius 2 is 2.12 bits per heavy atom. The van der Waals surface area contributed by atoms with Gasteiger partial charge in [0.15, 0.2) is 0 Å². The van der Waals surface area contributed by atoms with E-state index in [0.29, 0.717) is 6.54 Å². The third kappa shape index (κ3) is 5.31. The molecule has 0 unspecified atom stereocenters. The molecule has 1 rings (SSSR count). The van der Waals surface area contributed by atoms with Gasteiger partial charge in [-0.25, -0.2) is 4.79 Å². The molecule has 0 amide bonds. The van der Waals surface area contributed by atoms with Crippen LogP contribution in [0.4, 0.5) is 0 Å². The zero-order valence-corrected chi connectivity index (χ0v) is 10.6. The van der Waals surface area contributed by atoms with Crippen LogP contribution in [0.25, 0.3) is 6.08 Å². The maximum absolute atomic E-state index is 11.5. The summed E-state index contributed by atoms with van der Waals surface area (Å²) in [6, 6.07) is 7.72. The van der Waals surface area contributed by atoms with Gasteiger partial charge in [-0.15, -0.1) is 0 Å². The highest BCUT2D eigenvalue weighted by molar-refractivity contribution is 5.87. The van der Waals surface area contributed by atoms with Gasteiger partial charge in [0.2, 0.25) is 0 Å². The van der Waals surface area contributed by atoms with Gasteiger partial charge in [-0.2, -0.15) is 0 Å². The van der Waals surface area contributed by atoms with Gasteiger partial charge in [0.1, 0.15) is 5.60 Å². The van der Waals surface area contributed by atoms with E-state index in [4.69, 9.17) is 10.5 Å². The van der Waals surface area contributed by atoms with Gasteiger partial charge in [0, 0.05) is 12.6 Å². The van der Waals surface area contributed by atoms with Crippen LogP contribution in [0.1, 0.15) is 31.9 Å². The Kier molecular flexibility index (Phi) is 4.46. The Balaban J connectivity index is 2.67. The quantitative estimate of drug-likeness (QED) is 0.644. The van der Waals surface area contributed by atoms with Crippen LogP contribution in [0.2, 0.25) is 0 Å². The monoisotopic (exact) mass is 233 g/mol. The zero-order valence-electron chi connectivity index (χ0n) is 10.6. The largest absolute Gasteiger partial charge is 0.457 e. The fraction of sp³-hybridized carbons (Fsp3) is 0.357. The lowest BCUT2D eigenvalue weighted by atomic mass is 10.1. The van der Waals surface area contributed by atoms with Crippen molar-refractivity contribution in [1.29, 1.82) is 0 Å². The Morgan fingerprint density at radius 1 is 1.41 bits per heavy atom. The van der Waals surface area contributed by atoms with Gasteiger partial charge in [-0.05, 0) is 38.0 Å². The van der Waals surface area contributed by atoms with Crippen LogP contribution < -0.4 is 5.73 Å². The third-order valence-corrected chi connectivity index (χ3v) is 2.01. The van der Waals surface area contributed by atoms with Gasteiger partial charge < -0.3 is 10.5 Å². The fourth-order valence-corrected chi connectivity index (χ4v) is 1.32. The number of rotatable bonds is 3. The highest BCUT2D eigenvalue weighted by atomic mass is 16.6. The molecule has 0 aliphatic carbocycles. The third-order valence-electron chi connectivity index (χ3n) is 2.01. The van der Waals surface area contributed by atoms with Gasteiger partial charge in [-0.1, -0.05) is 24.3 Å². The molecule has 0 saturated carbocycles. The number of nitrogens with two attached hydrogens (primary N) is 1. The second-order valence-corrected chi connectivity index (χ2v) is 4.82. The SMILES string of the molecule is CC(C)(C)OC(=O)/C=C/c1cccc(CN)c1. The smallest absolute Gasteiger partial charge is 0.331 e. The summed E-state index contributed by atoms with van der Waals surface area (Å²) in [6.07, 6.45) is 3.16. The molecule has 1 aromatic carbocycles. The zero-order chi connectivity index (χ0) is 12.9. The summed E-state index contributed by atoms with van der Waals surface area (Å²) in [4.78, 5) is 11.5. The van der Waals surface area contributed by atoms with Crippen molar-refractivity contribution >= 4 is 12.0 Å². The van der Waals surface area contributed by atoms with E-state index in [-0.39, 0.29) is 5.97 Å². The Labute approximate surface area is 102 Å². The molecule has 0 bridgehead atoms. The fourth-order valence-electron chi connectivity index (χ4n) is 1.32. The van der Waals surface area contributed by atoms with E-state index >= 15 is 0 Å². The van der Waals surface area contributed by atoms with Crippen LogP contribution in [0.3, 0.4) is 0 Å². The number of esters is 1. The molecule has 1 aromatic rings. The second kappa shape index (κ2) is 5.64. The lowest BCUT2D eigenvalue weighted by molar-refractivity contribution is -0.148. The van der Waals surface area contributed by atoms with Crippen molar-refractivity contribution in [3.8, 4) is 0 Å². The molecule has 0 heterocycles. The van der Waals surface area contributed by atoms with Crippen LogP contribution in [0, 0.1) is 0 Å². The lowest BCUT2D eigenvalue weighted by Gasteiger charge is -2.17. The van der Waals surface area contributed by atoms with Crippen molar-refractivity contribution in [2.45, 2.75) is 32.9 Å². The van der Waals surface area contributed by atoms with Crippen molar-refractivity contribution in [3.05, 3.63) is 41.5 Å². The molecule has 0 fully saturated rings. The molecule has 0 saturated heterocycles. The minimum absolute atomic E-state index is 0.337. The molecule has 0 atom stereocenters. The number of carbonyl (C=O) groups excluding carboxylic acids is 1. The van der Waals surface area contributed by atoms with Crippen LogP contribution in [0.5, 0.6) is 0 Å². The van der Waals surface area contributed by atoms with Crippen molar-refractivity contribution < 1.29 is 9.53 Å². The molecule has 2 N–H and O–H groups in total. The minimum atomic E-state index is -0.458. The summed E-state index contributed by atoms with van der Waals surface area (Å²) < 4.78 is 5.17. The average molecular weight is 233 g/mol. The minimum Gasteiger partial charge on any atom is -0.457 e. The summed E-state index contributed by atoms with van der Waals surface area (Å²) in [7, 11) is 0. The van der Waals surface area contributed by atoms with Gasteiger partial charge in [-0.3, -0.25) is 0 Å². The van der Waals surface area contributed by atoms with Crippen molar-refractivity contribution in [2.24, 2.45) is 5.73 Å². The van der Waals surface area contributed by atoms with E-state index in [1.54, 1.807) is 6.08 Å². The first-order valence-corrected chi connectivity index (χ1v) is 5.61. The lowest BCUT2D eigenvalue weighted by Crippen LogP contribution is -2.22. The number of carbonyl (C=O) groups is 1. The summed E-state index contributed by atoms with van der Waals surface area (Å²) in [6.45, 7) is 6.02. The summed E-state index contributed by atoms with van der Waals surface area (Å²) >= 11 is 0. The highest BCUT2D eigenvalue weighted by Gasteiger charge is 2.13. The van der Waals surface area contributed by atoms with E-state index in [0.717, 1.165) is 11.1 Å². The number of benzene rings is 1. The first-order valence-electron chi connectivity index (χ1n) is 5.61. The molecule has 0 radical (unpaired) electrons. The maximum Gasteiger partial charge on any atom is 0.331 e. The van der Waals surface area contributed by atoms with Crippen LogP contribution >= 0.6 is 0 Å². The van der Waals surface area contributed by atoms with Crippen molar-refractivity contribution in [3.63, 3.8) is 0 Å². The molecular formula is C14H19NO2. The first-order chi connectivity index (χ1) is 7.90. The Bertz CT molecular complexity index is 416. The van der Waals surface area contributed by atoms with Crippen LogP contribution in [-0.4, -0.2) is 11.6 Å². The van der Waals surface area contributed by atoms with Crippen molar-refractivity contribution in [1.82, 2.24) is 0 Å². The number of ether oxygens (including phenoxy) is 1. The molecule has 0 spiro atoms. The Morgan fingerprint density at radius 3 is 2.71 bits per heavy atom. The topological polar surface area (TPSA) is 52.3 Å². The molecule has 0 aromatic heterocycles. The highest BCUT2D eigenvalue weighted by Crippen LogP contribution is 2.09. The molecule has 0 aliphatic heterocycles. The summed E-state index contributed by atoms with van der Waals surface area (Å²) in [5.74, 6) is -0.337. The second-order valence-electron chi connectivity index (χ2n) is 4.82.